The Kier molecular flexibility index (Phi) is 3.53. The van der Waals surface area contributed by atoms with E-state index >= 15 is 0 Å². The predicted molar refractivity (Wildman–Crippen MR) is 51.1 cm³/mol. The molecule has 2 N–H and O–H groups in total. The van der Waals surface area contributed by atoms with Crippen LogP contribution in [0.25, 0.3) is 0 Å². The van der Waals surface area contributed by atoms with E-state index in [-0.39, 0.29) is 0 Å². The molecule has 0 heterocycles. The van der Waals surface area contributed by atoms with E-state index in [4.69, 9.17) is 0 Å². The van der Waals surface area contributed by atoms with E-state index in [1.54, 1.807) is 0 Å². The van der Waals surface area contributed by atoms with Gasteiger partial charge in [0.25, 0.3) is 0 Å². The van der Waals surface area contributed by atoms with Gasteiger partial charge in [0.1, 0.15) is 0 Å². The molecule has 2 nitrogen and oxygen atoms in total. The highest BCUT2D eigenvalue weighted by Crippen LogP contribution is 2.28. The lowest BCUT2D eigenvalue weighted by molar-refractivity contribution is 0.0791. The standard InChI is InChI=1S/C10H21NO/c1-10(2,12)8-11-7-6-9-4-3-5-9/h9,11-12H,3-8H2,1-2H3. The van der Waals surface area contributed by atoms with Crippen molar-refractivity contribution in [1.82, 2.24) is 5.32 Å². The topological polar surface area (TPSA) is 32.3 Å². The van der Waals surface area contributed by atoms with Crippen LogP contribution in [0, 0.1) is 5.92 Å². The SMILES string of the molecule is CC(C)(O)CNCCC1CCC1. The van der Waals surface area contributed by atoms with E-state index in [0.29, 0.717) is 6.54 Å². The first kappa shape index (κ1) is 10.0. The van der Waals surface area contributed by atoms with Crippen LogP contribution in [-0.2, 0) is 0 Å². The van der Waals surface area contributed by atoms with Gasteiger partial charge in [-0.15, -0.1) is 0 Å². The van der Waals surface area contributed by atoms with E-state index in [9.17, 15) is 5.11 Å². The molecule has 1 saturated carbocycles. The summed E-state index contributed by atoms with van der Waals surface area (Å²) >= 11 is 0. The minimum atomic E-state index is -0.556. The van der Waals surface area contributed by atoms with Crippen molar-refractivity contribution >= 4 is 0 Å². The third-order valence-electron chi connectivity index (χ3n) is 2.51. The summed E-state index contributed by atoms with van der Waals surface area (Å²) in [6.45, 7) is 5.45. The quantitative estimate of drug-likeness (QED) is 0.615. The van der Waals surface area contributed by atoms with Crippen molar-refractivity contribution in [3.63, 3.8) is 0 Å². The first-order valence-corrected chi connectivity index (χ1v) is 5.01. The second-order valence-corrected chi connectivity index (χ2v) is 4.57. The predicted octanol–water partition coefficient (Wildman–Crippen LogP) is 1.54. The van der Waals surface area contributed by atoms with Gasteiger partial charge in [0, 0.05) is 6.54 Å². The van der Waals surface area contributed by atoms with Crippen molar-refractivity contribution in [2.45, 2.75) is 45.1 Å². The number of nitrogens with one attached hydrogen (secondary N) is 1. The zero-order valence-corrected chi connectivity index (χ0v) is 8.27. The highest BCUT2D eigenvalue weighted by atomic mass is 16.3. The summed E-state index contributed by atoms with van der Waals surface area (Å²) in [5.41, 5.74) is -0.556. The smallest absolute Gasteiger partial charge is 0.0715 e. The van der Waals surface area contributed by atoms with Gasteiger partial charge in [0.2, 0.25) is 0 Å². The molecular weight excluding hydrogens is 150 g/mol. The van der Waals surface area contributed by atoms with Crippen molar-refractivity contribution in [3.05, 3.63) is 0 Å². The monoisotopic (exact) mass is 171 g/mol. The Balaban J connectivity index is 1.88. The molecule has 1 rings (SSSR count). The maximum atomic E-state index is 9.39. The average molecular weight is 171 g/mol. The van der Waals surface area contributed by atoms with Gasteiger partial charge in [-0.2, -0.15) is 0 Å². The minimum absolute atomic E-state index is 0.556. The van der Waals surface area contributed by atoms with Gasteiger partial charge in [0.15, 0.2) is 0 Å². The fraction of sp³-hybridized carbons (Fsp3) is 1.00. The zero-order valence-electron chi connectivity index (χ0n) is 8.27. The van der Waals surface area contributed by atoms with Crippen molar-refractivity contribution in [1.29, 1.82) is 0 Å². The largest absolute Gasteiger partial charge is 0.389 e. The Morgan fingerprint density at radius 2 is 2.08 bits per heavy atom. The van der Waals surface area contributed by atoms with Crippen LogP contribution in [0.1, 0.15) is 39.5 Å². The van der Waals surface area contributed by atoms with Gasteiger partial charge in [-0.1, -0.05) is 19.3 Å². The van der Waals surface area contributed by atoms with E-state index < -0.39 is 5.60 Å². The number of hydrogen-bond donors (Lipinski definition) is 2. The normalized spacial score (nSPS) is 19.2. The lowest BCUT2D eigenvalue weighted by Crippen LogP contribution is -2.35. The lowest BCUT2D eigenvalue weighted by Gasteiger charge is -2.26. The van der Waals surface area contributed by atoms with Gasteiger partial charge in [-0.25, -0.2) is 0 Å². The summed E-state index contributed by atoms with van der Waals surface area (Å²) in [7, 11) is 0. The molecule has 0 bridgehead atoms. The van der Waals surface area contributed by atoms with E-state index in [0.717, 1.165) is 12.5 Å². The van der Waals surface area contributed by atoms with Gasteiger partial charge >= 0.3 is 0 Å². The Labute approximate surface area is 75.4 Å². The number of rotatable bonds is 5. The third kappa shape index (κ3) is 4.07. The summed E-state index contributed by atoms with van der Waals surface area (Å²) in [4.78, 5) is 0. The summed E-state index contributed by atoms with van der Waals surface area (Å²) in [5.74, 6) is 0.972. The third-order valence-corrected chi connectivity index (χ3v) is 2.51. The molecule has 0 aromatic rings. The van der Waals surface area contributed by atoms with Gasteiger partial charge < -0.3 is 10.4 Å². The molecule has 2 heteroatoms. The first-order valence-electron chi connectivity index (χ1n) is 5.01. The van der Waals surface area contributed by atoms with Crippen LogP contribution >= 0.6 is 0 Å². The molecule has 1 aliphatic rings. The first-order chi connectivity index (χ1) is 5.58. The van der Waals surface area contributed by atoms with Gasteiger partial charge in [-0.05, 0) is 32.7 Å². The maximum Gasteiger partial charge on any atom is 0.0715 e. The molecule has 0 amide bonds. The Bertz CT molecular complexity index is 124. The fourth-order valence-electron chi connectivity index (χ4n) is 1.48. The summed E-state index contributed by atoms with van der Waals surface area (Å²) in [6, 6.07) is 0. The molecule has 0 radical (unpaired) electrons. The molecular formula is C10H21NO. The molecule has 1 fully saturated rings. The highest BCUT2D eigenvalue weighted by molar-refractivity contribution is 4.72. The maximum absolute atomic E-state index is 9.39. The fourth-order valence-corrected chi connectivity index (χ4v) is 1.48. The summed E-state index contributed by atoms with van der Waals surface area (Å²) < 4.78 is 0. The summed E-state index contributed by atoms with van der Waals surface area (Å²) in [6.07, 6.45) is 5.56. The summed E-state index contributed by atoms with van der Waals surface area (Å²) in [5, 5.41) is 12.7. The molecule has 0 aromatic carbocycles. The molecule has 12 heavy (non-hydrogen) atoms. The minimum Gasteiger partial charge on any atom is -0.389 e. The molecule has 1 aliphatic carbocycles. The zero-order chi connectivity index (χ0) is 9.03. The van der Waals surface area contributed by atoms with Gasteiger partial charge in [-0.3, -0.25) is 0 Å². The van der Waals surface area contributed by atoms with E-state index in [1.807, 2.05) is 13.8 Å². The molecule has 0 aromatic heterocycles. The molecule has 0 saturated heterocycles. The highest BCUT2D eigenvalue weighted by Gasteiger charge is 2.17. The van der Waals surface area contributed by atoms with Crippen molar-refractivity contribution in [2.24, 2.45) is 5.92 Å². The second-order valence-electron chi connectivity index (χ2n) is 4.57. The second kappa shape index (κ2) is 4.24. The molecule has 0 spiro atoms. The molecule has 0 unspecified atom stereocenters. The van der Waals surface area contributed by atoms with Crippen molar-refractivity contribution in [2.75, 3.05) is 13.1 Å². The van der Waals surface area contributed by atoms with Crippen LogP contribution in [0.5, 0.6) is 0 Å². The van der Waals surface area contributed by atoms with E-state index in [2.05, 4.69) is 5.32 Å². The number of aliphatic hydroxyl groups is 1. The Morgan fingerprint density at radius 1 is 1.42 bits per heavy atom. The van der Waals surface area contributed by atoms with Gasteiger partial charge in [0.05, 0.1) is 5.60 Å². The van der Waals surface area contributed by atoms with E-state index in [1.165, 1.54) is 25.7 Å². The van der Waals surface area contributed by atoms with Crippen molar-refractivity contribution in [3.8, 4) is 0 Å². The van der Waals surface area contributed by atoms with Crippen LogP contribution in [0.15, 0.2) is 0 Å². The number of hydrogen-bond acceptors (Lipinski definition) is 2. The van der Waals surface area contributed by atoms with Crippen LogP contribution in [0.4, 0.5) is 0 Å². The Morgan fingerprint density at radius 3 is 2.50 bits per heavy atom. The van der Waals surface area contributed by atoms with Crippen LogP contribution in [0.3, 0.4) is 0 Å². The lowest BCUT2D eigenvalue weighted by atomic mass is 9.83. The van der Waals surface area contributed by atoms with Crippen LogP contribution in [0.2, 0.25) is 0 Å². The molecule has 0 atom stereocenters. The van der Waals surface area contributed by atoms with Crippen LogP contribution < -0.4 is 5.32 Å². The molecule has 72 valence electrons. The Hall–Kier alpha value is -0.0800. The van der Waals surface area contributed by atoms with Crippen LogP contribution in [-0.4, -0.2) is 23.8 Å². The molecule has 0 aliphatic heterocycles. The average Bonchev–Trinajstić information content (AvgIpc) is 1.80. The van der Waals surface area contributed by atoms with Crippen molar-refractivity contribution < 1.29 is 5.11 Å².